The number of hydrogen-bond acceptors (Lipinski definition) is 2. The van der Waals surface area contributed by atoms with Crippen LogP contribution in [-0.2, 0) is 4.79 Å². The van der Waals surface area contributed by atoms with Crippen molar-refractivity contribution in [3.63, 3.8) is 0 Å². The maximum Gasteiger partial charge on any atom is 0.335 e. The highest BCUT2D eigenvalue weighted by Crippen LogP contribution is 2.20. The number of allylic oxidation sites excluding steroid dienone is 4. The summed E-state index contributed by atoms with van der Waals surface area (Å²) in [5.74, 6) is -0.846. The van der Waals surface area contributed by atoms with Crippen molar-refractivity contribution in [2.24, 2.45) is 0 Å². The third-order valence-electron chi connectivity index (χ3n) is 2.44. The number of carboxylic acid groups (broad SMARTS) is 1. The standard InChI is InChI=1S/C13H10O3/c14-12-7-5-10(6-8-12)9-1-3-11(4-2-9)13(15)16/h1-7H,8H2,(H,15,16). The average molecular weight is 214 g/mol. The Balaban J connectivity index is 2.26. The van der Waals surface area contributed by atoms with E-state index in [9.17, 15) is 9.59 Å². The Labute approximate surface area is 92.7 Å². The van der Waals surface area contributed by atoms with Crippen molar-refractivity contribution >= 4 is 17.3 Å². The molecule has 0 spiro atoms. The summed E-state index contributed by atoms with van der Waals surface area (Å²) in [5, 5.41) is 8.75. The summed E-state index contributed by atoms with van der Waals surface area (Å²) in [6, 6.07) is 6.61. The Hall–Kier alpha value is -2.16. The summed E-state index contributed by atoms with van der Waals surface area (Å²) in [6.07, 6.45) is 5.55. The van der Waals surface area contributed by atoms with Gasteiger partial charge in [-0.2, -0.15) is 0 Å². The zero-order valence-corrected chi connectivity index (χ0v) is 8.51. The highest BCUT2D eigenvalue weighted by molar-refractivity contribution is 5.98. The third-order valence-corrected chi connectivity index (χ3v) is 2.44. The Morgan fingerprint density at radius 1 is 1.12 bits per heavy atom. The van der Waals surface area contributed by atoms with Crippen molar-refractivity contribution in [3.05, 3.63) is 53.6 Å². The Bertz CT molecular complexity index is 492. The highest BCUT2D eigenvalue weighted by atomic mass is 16.4. The Morgan fingerprint density at radius 2 is 1.81 bits per heavy atom. The van der Waals surface area contributed by atoms with E-state index in [4.69, 9.17) is 5.11 Å². The minimum atomic E-state index is -0.935. The molecule has 0 heterocycles. The molecule has 0 radical (unpaired) electrons. The molecule has 1 aromatic rings. The van der Waals surface area contributed by atoms with Gasteiger partial charge in [-0.05, 0) is 29.3 Å². The molecular formula is C13H10O3. The molecule has 1 aliphatic carbocycles. The second-order valence-electron chi connectivity index (χ2n) is 3.55. The molecule has 2 rings (SSSR count). The van der Waals surface area contributed by atoms with Gasteiger partial charge in [-0.1, -0.05) is 24.3 Å². The van der Waals surface area contributed by atoms with E-state index in [2.05, 4.69) is 0 Å². The van der Waals surface area contributed by atoms with Crippen molar-refractivity contribution in [2.45, 2.75) is 6.42 Å². The molecule has 3 heteroatoms. The van der Waals surface area contributed by atoms with E-state index in [1.807, 2.05) is 6.08 Å². The first kappa shape index (κ1) is 10.4. The monoisotopic (exact) mass is 214 g/mol. The van der Waals surface area contributed by atoms with Crippen LogP contribution in [0.25, 0.3) is 5.57 Å². The van der Waals surface area contributed by atoms with Gasteiger partial charge < -0.3 is 5.11 Å². The van der Waals surface area contributed by atoms with Crippen molar-refractivity contribution in [1.29, 1.82) is 0 Å². The van der Waals surface area contributed by atoms with Gasteiger partial charge in [-0.3, -0.25) is 4.79 Å². The average Bonchev–Trinajstić information content (AvgIpc) is 2.30. The van der Waals surface area contributed by atoms with Crippen LogP contribution in [-0.4, -0.2) is 16.9 Å². The van der Waals surface area contributed by atoms with Crippen molar-refractivity contribution in [1.82, 2.24) is 0 Å². The van der Waals surface area contributed by atoms with Gasteiger partial charge in [-0.15, -0.1) is 0 Å². The molecule has 0 atom stereocenters. The highest BCUT2D eigenvalue weighted by Gasteiger charge is 2.07. The lowest BCUT2D eigenvalue weighted by molar-refractivity contribution is -0.113. The van der Waals surface area contributed by atoms with Gasteiger partial charge >= 0.3 is 5.97 Å². The van der Waals surface area contributed by atoms with Crippen LogP contribution >= 0.6 is 0 Å². The molecule has 0 aliphatic heterocycles. The molecular weight excluding hydrogens is 204 g/mol. The summed E-state index contributed by atoms with van der Waals surface area (Å²) in [6.45, 7) is 0. The van der Waals surface area contributed by atoms with Gasteiger partial charge in [0, 0.05) is 6.42 Å². The smallest absolute Gasteiger partial charge is 0.335 e. The van der Waals surface area contributed by atoms with Crippen LogP contribution in [0.4, 0.5) is 0 Å². The predicted molar refractivity (Wildman–Crippen MR) is 60.1 cm³/mol. The normalized spacial score (nSPS) is 14.8. The van der Waals surface area contributed by atoms with Crippen molar-refractivity contribution < 1.29 is 14.7 Å². The van der Waals surface area contributed by atoms with Crippen LogP contribution in [0.1, 0.15) is 22.3 Å². The first-order valence-electron chi connectivity index (χ1n) is 4.91. The second kappa shape index (κ2) is 4.14. The molecule has 0 aromatic heterocycles. The molecule has 0 amide bonds. The zero-order valence-electron chi connectivity index (χ0n) is 8.51. The largest absolute Gasteiger partial charge is 0.478 e. The SMILES string of the molecule is O=C1C=CC(c2ccc(C(=O)O)cc2)=CC1. The molecule has 0 bridgehead atoms. The molecule has 0 saturated heterocycles. The fourth-order valence-electron chi connectivity index (χ4n) is 1.55. The number of hydrogen-bond donors (Lipinski definition) is 1. The first-order valence-corrected chi connectivity index (χ1v) is 4.91. The number of rotatable bonds is 2. The van der Waals surface area contributed by atoms with Crippen molar-refractivity contribution in [3.8, 4) is 0 Å². The summed E-state index contributed by atoms with van der Waals surface area (Å²) in [7, 11) is 0. The lowest BCUT2D eigenvalue weighted by Gasteiger charge is -2.06. The van der Waals surface area contributed by atoms with Gasteiger partial charge in [0.15, 0.2) is 5.78 Å². The Morgan fingerprint density at radius 3 is 2.31 bits per heavy atom. The second-order valence-corrected chi connectivity index (χ2v) is 3.55. The minimum absolute atomic E-state index is 0.0888. The first-order chi connectivity index (χ1) is 7.66. The fourth-order valence-corrected chi connectivity index (χ4v) is 1.55. The van der Waals surface area contributed by atoms with E-state index in [-0.39, 0.29) is 11.3 Å². The summed E-state index contributed by atoms with van der Waals surface area (Å²) >= 11 is 0. The van der Waals surface area contributed by atoms with E-state index in [1.165, 1.54) is 0 Å². The molecule has 0 unspecified atom stereocenters. The molecule has 1 aliphatic rings. The number of aromatic carboxylic acids is 1. The minimum Gasteiger partial charge on any atom is -0.478 e. The third kappa shape index (κ3) is 2.08. The molecule has 3 nitrogen and oxygen atoms in total. The van der Waals surface area contributed by atoms with Crippen LogP contribution < -0.4 is 0 Å². The van der Waals surface area contributed by atoms with Crippen LogP contribution in [0.15, 0.2) is 42.5 Å². The van der Waals surface area contributed by atoms with Crippen LogP contribution in [0.3, 0.4) is 0 Å². The van der Waals surface area contributed by atoms with Crippen LogP contribution in [0.5, 0.6) is 0 Å². The molecule has 0 fully saturated rings. The van der Waals surface area contributed by atoms with Gasteiger partial charge in [0.1, 0.15) is 0 Å². The summed E-state index contributed by atoms with van der Waals surface area (Å²) in [5.41, 5.74) is 2.14. The van der Waals surface area contributed by atoms with Gasteiger partial charge in [0.25, 0.3) is 0 Å². The van der Waals surface area contributed by atoms with E-state index >= 15 is 0 Å². The number of carbonyl (C=O) groups is 2. The molecule has 0 saturated carbocycles. The fraction of sp³-hybridized carbons (Fsp3) is 0.0769. The summed E-state index contributed by atoms with van der Waals surface area (Å²) < 4.78 is 0. The number of carboxylic acids is 1. The van der Waals surface area contributed by atoms with E-state index in [0.717, 1.165) is 11.1 Å². The van der Waals surface area contributed by atoms with E-state index in [0.29, 0.717) is 6.42 Å². The topological polar surface area (TPSA) is 54.4 Å². The van der Waals surface area contributed by atoms with Crippen LogP contribution in [0, 0.1) is 0 Å². The number of benzene rings is 1. The molecule has 1 aromatic carbocycles. The number of ketones is 1. The van der Waals surface area contributed by atoms with E-state index < -0.39 is 5.97 Å². The maximum absolute atomic E-state index is 11.0. The lowest BCUT2D eigenvalue weighted by atomic mass is 9.98. The summed E-state index contributed by atoms with van der Waals surface area (Å²) in [4.78, 5) is 21.6. The lowest BCUT2D eigenvalue weighted by Crippen LogP contribution is -1.98. The van der Waals surface area contributed by atoms with Crippen LogP contribution in [0.2, 0.25) is 0 Å². The van der Waals surface area contributed by atoms with Gasteiger partial charge in [0.2, 0.25) is 0 Å². The Kier molecular flexibility index (Phi) is 2.68. The van der Waals surface area contributed by atoms with E-state index in [1.54, 1.807) is 36.4 Å². The molecule has 80 valence electrons. The predicted octanol–water partition coefficient (Wildman–Crippen LogP) is 2.30. The maximum atomic E-state index is 11.0. The van der Waals surface area contributed by atoms with Crippen molar-refractivity contribution in [2.75, 3.05) is 0 Å². The zero-order chi connectivity index (χ0) is 11.5. The quantitative estimate of drug-likeness (QED) is 0.821. The molecule has 1 N–H and O–H groups in total. The van der Waals surface area contributed by atoms with Gasteiger partial charge in [-0.25, -0.2) is 4.79 Å². The number of carbonyl (C=O) groups excluding carboxylic acids is 1. The van der Waals surface area contributed by atoms with Gasteiger partial charge in [0.05, 0.1) is 5.56 Å². The molecule has 16 heavy (non-hydrogen) atoms.